The Labute approximate surface area is 122 Å². The molecule has 4 nitrogen and oxygen atoms in total. The lowest BCUT2D eigenvalue weighted by Gasteiger charge is -2.25. The molecule has 0 heterocycles. The van der Waals surface area contributed by atoms with Crippen molar-refractivity contribution in [1.29, 1.82) is 0 Å². The standard InChI is InChI=1S/C16H27NO3/c1-13(2)11-16(3,18)12-17-9-10-20-15-7-5-14(19-4)6-8-15/h5-8,13,17-18H,9-12H2,1-4H3. The summed E-state index contributed by atoms with van der Waals surface area (Å²) in [6.07, 6.45) is 0.791. The number of hydrogen-bond acceptors (Lipinski definition) is 4. The number of methoxy groups -OCH3 is 1. The van der Waals surface area contributed by atoms with Gasteiger partial charge in [-0.15, -0.1) is 0 Å². The van der Waals surface area contributed by atoms with Crippen LogP contribution >= 0.6 is 0 Å². The lowest BCUT2D eigenvalue weighted by atomic mass is 9.94. The normalized spacial score (nSPS) is 14.1. The minimum absolute atomic E-state index is 0.488. The Kier molecular flexibility index (Phi) is 6.82. The van der Waals surface area contributed by atoms with Gasteiger partial charge in [-0.25, -0.2) is 0 Å². The Morgan fingerprint density at radius 3 is 2.35 bits per heavy atom. The third kappa shape index (κ3) is 6.78. The predicted octanol–water partition coefficient (Wildman–Crippen LogP) is 2.46. The van der Waals surface area contributed by atoms with E-state index in [-0.39, 0.29) is 0 Å². The molecule has 0 amide bonds. The highest BCUT2D eigenvalue weighted by Gasteiger charge is 2.20. The van der Waals surface area contributed by atoms with Crippen LogP contribution in [0.3, 0.4) is 0 Å². The summed E-state index contributed by atoms with van der Waals surface area (Å²) in [5.41, 5.74) is -0.658. The molecule has 1 atom stereocenters. The van der Waals surface area contributed by atoms with Crippen LogP contribution in [0.1, 0.15) is 27.2 Å². The van der Waals surface area contributed by atoms with Gasteiger partial charge in [0.1, 0.15) is 18.1 Å². The first-order valence-electron chi connectivity index (χ1n) is 7.13. The van der Waals surface area contributed by atoms with E-state index in [9.17, 15) is 5.11 Å². The van der Waals surface area contributed by atoms with Crippen LogP contribution in [-0.2, 0) is 0 Å². The van der Waals surface area contributed by atoms with Gasteiger partial charge >= 0.3 is 0 Å². The molecule has 0 fully saturated rings. The molecule has 2 N–H and O–H groups in total. The molecule has 0 saturated heterocycles. The van der Waals surface area contributed by atoms with E-state index in [2.05, 4.69) is 19.2 Å². The van der Waals surface area contributed by atoms with Gasteiger partial charge in [-0.1, -0.05) is 13.8 Å². The highest BCUT2D eigenvalue weighted by molar-refractivity contribution is 5.31. The van der Waals surface area contributed by atoms with Gasteiger partial charge in [0.25, 0.3) is 0 Å². The highest BCUT2D eigenvalue weighted by atomic mass is 16.5. The second-order valence-corrected chi connectivity index (χ2v) is 5.80. The molecule has 0 radical (unpaired) electrons. The third-order valence-corrected chi connectivity index (χ3v) is 2.96. The van der Waals surface area contributed by atoms with Gasteiger partial charge in [0.2, 0.25) is 0 Å². The number of benzene rings is 1. The quantitative estimate of drug-likeness (QED) is 0.683. The van der Waals surface area contributed by atoms with E-state index < -0.39 is 5.60 Å². The zero-order chi connectivity index (χ0) is 15.0. The monoisotopic (exact) mass is 281 g/mol. The first-order chi connectivity index (χ1) is 9.43. The van der Waals surface area contributed by atoms with Crippen molar-refractivity contribution in [3.8, 4) is 11.5 Å². The van der Waals surface area contributed by atoms with Crippen molar-refractivity contribution >= 4 is 0 Å². The molecule has 1 aromatic rings. The lowest BCUT2D eigenvalue weighted by molar-refractivity contribution is 0.0380. The zero-order valence-corrected chi connectivity index (χ0v) is 13.0. The fourth-order valence-corrected chi connectivity index (χ4v) is 2.22. The molecule has 1 unspecified atom stereocenters. The van der Waals surface area contributed by atoms with Crippen molar-refractivity contribution in [1.82, 2.24) is 5.32 Å². The molecule has 0 saturated carbocycles. The fraction of sp³-hybridized carbons (Fsp3) is 0.625. The van der Waals surface area contributed by atoms with E-state index in [0.29, 0.717) is 25.6 Å². The number of ether oxygens (including phenoxy) is 2. The third-order valence-electron chi connectivity index (χ3n) is 2.96. The van der Waals surface area contributed by atoms with Crippen molar-refractivity contribution in [3.63, 3.8) is 0 Å². The highest BCUT2D eigenvalue weighted by Crippen LogP contribution is 2.17. The number of aliphatic hydroxyl groups is 1. The Hall–Kier alpha value is -1.26. The van der Waals surface area contributed by atoms with Gasteiger partial charge in [-0.2, -0.15) is 0 Å². The van der Waals surface area contributed by atoms with E-state index >= 15 is 0 Å². The molecule has 0 aliphatic rings. The summed E-state index contributed by atoms with van der Waals surface area (Å²) < 4.78 is 10.7. The van der Waals surface area contributed by atoms with E-state index in [4.69, 9.17) is 9.47 Å². The SMILES string of the molecule is COc1ccc(OCCNCC(C)(O)CC(C)C)cc1. The van der Waals surface area contributed by atoms with Crippen molar-refractivity contribution in [2.75, 3.05) is 26.8 Å². The number of rotatable bonds is 9. The van der Waals surface area contributed by atoms with Crippen LogP contribution in [0.25, 0.3) is 0 Å². The molecular formula is C16H27NO3. The molecule has 1 rings (SSSR count). The lowest BCUT2D eigenvalue weighted by Crippen LogP contribution is -2.40. The zero-order valence-electron chi connectivity index (χ0n) is 13.0. The summed E-state index contributed by atoms with van der Waals surface area (Å²) in [6, 6.07) is 7.51. The number of hydrogen-bond donors (Lipinski definition) is 2. The molecule has 0 spiro atoms. The Morgan fingerprint density at radius 1 is 1.20 bits per heavy atom. The molecule has 0 aliphatic heterocycles. The molecule has 4 heteroatoms. The van der Waals surface area contributed by atoms with Gasteiger partial charge in [-0.3, -0.25) is 0 Å². The summed E-state index contributed by atoms with van der Waals surface area (Å²) in [5, 5.41) is 13.4. The summed E-state index contributed by atoms with van der Waals surface area (Å²) in [4.78, 5) is 0. The van der Waals surface area contributed by atoms with Crippen LogP contribution < -0.4 is 14.8 Å². The Morgan fingerprint density at radius 2 is 1.80 bits per heavy atom. The first kappa shape index (κ1) is 16.8. The molecule has 114 valence electrons. The van der Waals surface area contributed by atoms with Gasteiger partial charge < -0.3 is 19.9 Å². The van der Waals surface area contributed by atoms with Crippen LogP contribution in [0.5, 0.6) is 11.5 Å². The largest absolute Gasteiger partial charge is 0.497 e. The van der Waals surface area contributed by atoms with Crippen molar-refractivity contribution in [2.45, 2.75) is 32.8 Å². The van der Waals surface area contributed by atoms with Gasteiger partial charge in [0.05, 0.1) is 12.7 Å². The fourth-order valence-electron chi connectivity index (χ4n) is 2.22. The number of nitrogens with one attached hydrogen (secondary N) is 1. The second-order valence-electron chi connectivity index (χ2n) is 5.80. The van der Waals surface area contributed by atoms with Crippen molar-refractivity contribution < 1.29 is 14.6 Å². The maximum absolute atomic E-state index is 10.1. The Bertz CT molecular complexity index is 374. The van der Waals surface area contributed by atoms with E-state index in [1.165, 1.54) is 0 Å². The Balaban J connectivity index is 2.18. The molecule has 0 aliphatic carbocycles. The summed E-state index contributed by atoms with van der Waals surface area (Å²) in [5.74, 6) is 2.13. The average molecular weight is 281 g/mol. The topological polar surface area (TPSA) is 50.7 Å². The molecule has 1 aromatic carbocycles. The van der Waals surface area contributed by atoms with Crippen LogP contribution in [-0.4, -0.2) is 37.5 Å². The van der Waals surface area contributed by atoms with Gasteiger partial charge in [0, 0.05) is 13.1 Å². The van der Waals surface area contributed by atoms with Crippen molar-refractivity contribution in [3.05, 3.63) is 24.3 Å². The van der Waals surface area contributed by atoms with Crippen LogP contribution in [0.15, 0.2) is 24.3 Å². The smallest absolute Gasteiger partial charge is 0.119 e. The van der Waals surface area contributed by atoms with Gasteiger partial charge in [0.15, 0.2) is 0 Å². The predicted molar refractivity (Wildman–Crippen MR) is 81.4 cm³/mol. The van der Waals surface area contributed by atoms with Crippen LogP contribution in [0.2, 0.25) is 0 Å². The van der Waals surface area contributed by atoms with Crippen molar-refractivity contribution in [2.24, 2.45) is 5.92 Å². The molecule has 20 heavy (non-hydrogen) atoms. The maximum atomic E-state index is 10.1. The molecular weight excluding hydrogens is 254 g/mol. The van der Waals surface area contributed by atoms with E-state index in [0.717, 1.165) is 17.9 Å². The van der Waals surface area contributed by atoms with E-state index in [1.807, 2.05) is 31.2 Å². The van der Waals surface area contributed by atoms with E-state index in [1.54, 1.807) is 7.11 Å². The van der Waals surface area contributed by atoms with Crippen LogP contribution in [0.4, 0.5) is 0 Å². The summed E-state index contributed by atoms with van der Waals surface area (Å²) in [7, 11) is 1.64. The maximum Gasteiger partial charge on any atom is 0.119 e. The second kappa shape index (κ2) is 8.12. The van der Waals surface area contributed by atoms with Crippen LogP contribution in [0, 0.1) is 5.92 Å². The minimum Gasteiger partial charge on any atom is -0.497 e. The molecule has 0 bridgehead atoms. The summed E-state index contributed by atoms with van der Waals surface area (Å²) >= 11 is 0. The average Bonchev–Trinajstić information content (AvgIpc) is 2.37. The first-order valence-corrected chi connectivity index (χ1v) is 7.13. The minimum atomic E-state index is -0.658. The van der Waals surface area contributed by atoms with Gasteiger partial charge in [-0.05, 0) is 43.5 Å². The summed E-state index contributed by atoms with van der Waals surface area (Å²) in [6.45, 7) is 7.95. The molecule has 0 aromatic heterocycles.